The maximum absolute atomic E-state index is 12.1. The highest BCUT2D eigenvalue weighted by Gasteiger charge is 2.15. The number of rotatable bonds is 5. The lowest BCUT2D eigenvalue weighted by molar-refractivity contribution is -0.121. The van der Waals surface area contributed by atoms with Gasteiger partial charge in [0, 0.05) is 12.2 Å². The van der Waals surface area contributed by atoms with E-state index in [2.05, 4.69) is 10.6 Å². The normalized spacial score (nSPS) is 13.5. The Balaban J connectivity index is 1.53. The first-order valence-corrected chi connectivity index (χ1v) is 7.20. The van der Waals surface area contributed by atoms with E-state index in [1.54, 1.807) is 0 Å². The molecule has 0 aromatic heterocycles. The van der Waals surface area contributed by atoms with Crippen LogP contribution in [0.2, 0.25) is 0 Å². The highest BCUT2D eigenvalue weighted by Crippen LogP contribution is 2.32. The summed E-state index contributed by atoms with van der Waals surface area (Å²) in [6.07, 6.45) is 0. The van der Waals surface area contributed by atoms with Crippen LogP contribution in [0.5, 0.6) is 11.5 Å². The van der Waals surface area contributed by atoms with E-state index < -0.39 is 0 Å². The first kappa shape index (κ1) is 14.3. The minimum Gasteiger partial charge on any atom is -0.454 e. The Labute approximate surface area is 129 Å². The van der Waals surface area contributed by atoms with Crippen molar-refractivity contribution < 1.29 is 14.3 Å². The lowest BCUT2D eigenvalue weighted by Gasteiger charge is -2.15. The molecule has 0 bridgehead atoms. The van der Waals surface area contributed by atoms with Crippen LogP contribution in [0, 0.1) is 0 Å². The van der Waals surface area contributed by atoms with Crippen LogP contribution in [0.1, 0.15) is 12.5 Å². The number of fused-ring (bicyclic) bond motifs is 1. The minimum absolute atomic E-state index is 0.0541. The smallest absolute Gasteiger partial charge is 0.242 e. The van der Waals surface area contributed by atoms with Crippen LogP contribution >= 0.6 is 0 Å². The van der Waals surface area contributed by atoms with Crippen LogP contribution in [0.25, 0.3) is 0 Å². The Morgan fingerprint density at radius 2 is 1.91 bits per heavy atom. The summed E-state index contributed by atoms with van der Waals surface area (Å²) in [7, 11) is 0. The first-order chi connectivity index (χ1) is 10.7. The molecule has 0 saturated carbocycles. The van der Waals surface area contributed by atoms with Gasteiger partial charge in [-0.2, -0.15) is 0 Å². The predicted octanol–water partition coefficient (Wildman–Crippen LogP) is 2.53. The number of carbonyl (C=O) groups excluding carboxylic acids is 1. The van der Waals surface area contributed by atoms with Crippen molar-refractivity contribution >= 4 is 11.6 Å². The molecule has 3 rings (SSSR count). The lowest BCUT2D eigenvalue weighted by Crippen LogP contribution is -2.37. The molecule has 2 aromatic rings. The highest BCUT2D eigenvalue weighted by atomic mass is 16.7. The summed E-state index contributed by atoms with van der Waals surface area (Å²) in [5.41, 5.74) is 1.90. The number of carbonyl (C=O) groups is 1. The lowest BCUT2D eigenvalue weighted by atomic mass is 10.2. The Kier molecular flexibility index (Phi) is 4.14. The topological polar surface area (TPSA) is 59.6 Å². The molecule has 5 nitrogen and oxygen atoms in total. The third-order valence-electron chi connectivity index (χ3n) is 3.45. The molecule has 2 aromatic carbocycles. The van der Waals surface area contributed by atoms with E-state index in [-0.39, 0.29) is 18.7 Å². The van der Waals surface area contributed by atoms with Gasteiger partial charge in [0.25, 0.3) is 0 Å². The van der Waals surface area contributed by atoms with Crippen molar-refractivity contribution in [2.75, 3.05) is 12.1 Å². The second-order valence-electron chi connectivity index (χ2n) is 5.14. The zero-order chi connectivity index (χ0) is 15.4. The third kappa shape index (κ3) is 3.31. The van der Waals surface area contributed by atoms with Gasteiger partial charge >= 0.3 is 0 Å². The van der Waals surface area contributed by atoms with Crippen LogP contribution in [0.4, 0.5) is 5.69 Å². The summed E-state index contributed by atoms with van der Waals surface area (Å²) in [6, 6.07) is 15.0. The number of para-hydroxylation sites is 1. The van der Waals surface area contributed by atoms with E-state index in [0.29, 0.717) is 6.54 Å². The van der Waals surface area contributed by atoms with Crippen molar-refractivity contribution in [3.63, 3.8) is 0 Å². The Morgan fingerprint density at radius 3 is 2.73 bits per heavy atom. The number of nitrogens with one attached hydrogen (secondary N) is 2. The fraction of sp³-hybridized carbons (Fsp3) is 0.235. The third-order valence-corrected chi connectivity index (χ3v) is 3.45. The predicted molar refractivity (Wildman–Crippen MR) is 83.9 cm³/mol. The van der Waals surface area contributed by atoms with E-state index >= 15 is 0 Å². The molecule has 1 aliphatic heterocycles. The van der Waals surface area contributed by atoms with E-state index in [4.69, 9.17) is 9.47 Å². The Bertz CT molecular complexity index is 658. The van der Waals surface area contributed by atoms with Gasteiger partial charge in [-0.3, -0.25) is 4.79 Å². The highest BCUT2D eigenvalue weighted by molar-refractivity contribution is 5.84. The molecule has 1 heterocycles. The fourth-order valence-corrected chi connectivity index (χ4v) is 2.24. The molecule has 0 radical (unpaired) electrons. The van der Waals surface area contributed by atoms with E-state index in [0.717, 1.165) is 22.7 Å². The zero-order valence-electron chi connectivity index (χ0n) is 12.3. The van der Waals surface area contributed by atoms with Crippen LogP contribution in [-0.2, 0) is 11.3 Å². The van der Waals surface area contributed by atoms with E-state index in [1.165, 1.54) is 0 Å². The molecule has 0 fully saturated rings. The average molecular weight is 298 g/mol. The summed E-state index contributed by atoms with van der Waals surface area (Å²) in [5.74, 6) is 1.41. The molecular weight excluding hydrogens is 280 g/mol. The van der Waals surface area contributed by atoms with Crippen LogP contribution in [0.3, 0.4) is 0 Å². The first-order valence-electron chi connectivity index (χ1n) is 7.20. The van der Waals surface area contributed by atoms with Gasteiger partial charge in [-0.1, -0.05) is 24.3 Å². The number of anilines is 1. The molecule has 1 amide bonds. The maximum Gasteiger partial charge on any atom is 0.242 e. The molecule has 0 spiro atoms. The number of hydrogen-bond acceptors (Lipinski definition) is 4. The van der Waals surface area contributed by atoms with Crippen molar-refractivity contribution in [1.29, 1.82) is 0 Å². The molecule has 1 aliphatic rings. The van der Waals surface area contributed by atoms with E-state index in [1.807, 2.05) is 55.5 Å². The molecule has 0 saturated heterocycles. The standard InChI is InChI=1S/C17H18N2O3/c1-12(19-14-5-3-2-4-6-14)17(20)18-10-13-7-8-15-16(9-13)22-11-21-15/h2-9,12,19H,10-11H2,1H3,(H,18,20)/t12-/m1/s1. The van der Waals surface area contributed by atoms with Crippen LogP contribution in [-0.4, -0.2) is 18.7 Å². The van der Waals surface area contributed by atoms with Crippen LogP contribution < -0.4 is 20.1 Å². The number of benzene rings is 2. The SMILES string of the molecule is C[C@@H](Nc1ccccc1)C(=O)NCc1ccc2c(c1)OCO2. The molecule has 1 atom stereocenters. The van der Waals surface area contributed by atoms with Crippen molar-refractivity contribution in [3.8, 4) is 11.5 Å². The summed E-state index contributed by atoms with van der Waals surface area (Å²) >= 11 is 0. The largest absolute Gasteiger partial charge is 0.454 e. The average Bonchev–Trinajstić information content (AvgIpc) is 3.01. The van der Waals surface area contributed by atoms with Gasteiger partial charge in [0.15, 0.2) is 11.5 Å². The van der Waals surface area contributed by atoms with Crippen molar-refractivity contribution in [2.45, 2.75) is 19.5 Å². The van der Waals surface area contributed by atoms with Crippen molar-refractivity contribution in [1.82, 2.24) is 5.32 Å². The summed E-state index contributed by atoms with van der Waals surface area (Å²) in [4.78, 5) is 12.1. The minimum atomic E-state index is -0.309. The van der Waals surface area contributed by atoms with Gasteiger partial charge < -0.3 is 20.1 Å². The van der Waals surface area contributed by atoms with Gasteiger partial charge in [0.05, 0.1) is 0 Å². The van der Waals surface area contributed by atoms with Gasteiger partial charge in [-0.05, 0) is 36.8 Å². The summed E-state index contributed by atoms with van der Waals surface area (Å²) in [5, 5.41) is 6.08. The number of hydrogen-bond donors (Lipinski definition) is 2. The van der Waals surface area contributed by atoms with Gasteiger partial charge in [0.1, 0.15) is 6.04 Å². The quantitative estimate of drug-likeness (QED) is 0.890. The molecule has 22 heavy (non-hydrogen) atoms. The monoisotopic (exact) mass is 298 g/mol. The van der Waals surface area contributed by atoms with Crippen molar-refractivity contribution in [3.05, 3.63) is 54.1 Å². The molecule has 0 aliphatic carbocycles. The number of amides is 1. The molecular formula is C17H18N2O3. The van der Waals surface area contributed by atoms with Gasteiger partial charge in [0.2, 0.25) is 12.7 Å². The van der Waals surface area contributed by atoms with Crippen LogP contribution in [0.15, 0.2) is 48.5 Å². The molecule has 2 N–H and O–H groups in total. The van der Waals surface area contributed by atoms with Crippen molar-refractivity contribution in [2.24, 2.45) is 0 Å². The second kappa shape index (κ2) is 6.39. The Hall–Kier alpha value is -2.69. The summed E-state index contributed by atoms with van der Waals surface area (Å²) < 4.78 is 10.6. The van der Waals surface area contributed by atoms with E-state index in [9.17, 15) is 4.79 Å². The molecule has 114 valence electrons. The van der Waals surface area contributed by atoms with Gasteiger partial charge in [-0.25, -0.2) is 0 Å². The maximum atomic E-state index is 12.1. The molecule has 0 unspecified atom stereocenters. The second-order valence-corrected chi connectivity index (χ2v) is 5.14. The Morgan fingerprint density at radius 1 is 1.14 bits per heavy atom. The zero-order valence-corrected chi connectivity index (χ0v) is 12.3. The fourth-order valence-electron chi connectivity index (χ4n) is 2.24. The van der Waals surface area contributed by atoms with Gasteiger partial charge in [-0.15, -0.1) is 0 Å². The number of ether oxygens (including phenoxy) is 2. The molecule has 5 heteroatoms. The summed E-state index contributed by atoms with van der Waals surface area (Å²) in [6.45, 7) is 2.54.